The fraction of sp³-hybridized carbons (Fsp3) is 0.500. The van der Waals surface area contributed by atoms with Crippen LogP contribution in [0.2, 0.25) is 0 Å². The van der Waals surface area contributed by atoms with E-state index >= 15 is 0 Å². The first-order chi connectivity index (χ1) is 9.13. The highest BCUT2D eigenvalue weighted by molar-refractivity contribution is 9.10. The molecule has 0 bridgehead atoms. The van der Waals surface area contributed by atoms with E-state index in [-0.39, 0.29) is 31.1 Å². The standard InChI is InChI=1S/C14H18BrNO3/c15-12-3-1-2-10(4-12)6-14(19)16-7-11(8-17)5-13(16)9-18/h1-4,11,13,17-18H,5-9H2. The smallest absolute Gasteiger partial charge is 0.227 e. The second-order valence-corrected chi connectivity index (χ2v) is 5.89. The molecular formula is C14H18BrNO3. The molecule has 1 aliphatic heterocycles. The summed E-state index contributed by atoms with van der Waals surface area (Å²) in [5.74, 6) is 0.0942. The number of likely N-dealkylation sites (tertiary alicyclic amines) is 1. The molecule has 0 aromatic heterocycles. The van der Waals surface area contributed by atoms with Crippen LogP contribution >= 0.6 is 15.9 Å². The van der Waals surface area contributed by atoms with E-state index in [1.165, 1.54) is 0 Å². The molecule has 2 N–H and O–H groups in total. The van der Waals surface area contributed by atoms with Crippen molar-refractivity contribution in [1.82, 2.24) is 4.90 Å². The lowest BCUT2D eigenvalue weighted by Gasteiger charge is -2.23. The van der Waals surface area contributed by atoms with Gasteiger partial charge >= 0.3 is 0 Å². The van der Waals surface area contributed by atoms with Gasteiger partial charge < -0.3 is 15.1 Å². The molecule has 1 aliphatic rings. The first-order valence-corrected chi connectivity index (χ1v) is 7.19. The molecule has 1 aromatic carbocycles. The van der Waals surface area contributed by atoms with Crippen molar-refractivity contribution in [2.45, 2.75) is 18.9 Å². The molecule has 1 saturated heterocycles. The molecule has 0 radical (unpaired) electrons. The average Bonchev–Trinajstić information content (AvgIpc) is 2.82. The van der Waals surface area contributed by atoms with Crippen LogP contribution in [-0.2, 0) is 11.2 Å². The van der Waals surface area contributed by atoms with Gasteiger partial charge in [0.2, 0.25) is 5.91 Å². The van der Waals surface area contributed by atoms with E-state index in [0.717, 1.165) is 10.0 Å². The summed E-state index contributed by atoms with van der Waals surface area (Å²) in [6.07, 6.45) is 1.01. The minimum Gasteiger partial charge on any atom is -0.396 e. The number of carbonyl (C=O) groups is 1. The zero-order valence-corrected chi connectivity index (χ0v) is 12.2. The van der Waals surface area contributed by atoms with Gasteiger partial charge in [-0.25, -0.2) is 0 Å². The van der Waals surface area contributed by atoms with Crippen LogP contribution in [0.5, 0.6) is 0 Å². The first-order valence-electron chi connectivity index (χ1n) is 6.39. The summed E-state index contributed by atoms with van der Waals surface area (Å²) in [7, 11) is 0. The van der Waals surface area contributed by atoms with Crippen molar-refractivity contribution in [2.24, 2.45) is 5.92 Å². The number of hydrogen-bond donors (Lipinski definition) is 2. The summed E-state index contributed by atoms with van der Waals surface area (Å²) in [6.45, 7) is 0.562. The van der Waals surface area contributed by atoms with E-state index in [4.69, 9.17) is 0 Å². The summed E-state index contributed by atoms with van der Waals surface area (Å²) in [4.78, 5) is 14.0. The lowest BCUT2D eigenvalue weighted by atomic mass is 10.1. The van der Waals surface area contributed by atoms with Gasteiger partial charge in [-0.05, 0) is 24.1 Å². The SMILES string of the molecule is O=C(Cc1cccc(Br)c1)N1CC(CO)CC1CO. The fourth-order valence-electron chi connectivity index (χ4n) is 2.55. The van der Waals surface area contributed by atoms with E-state index in [1.807, 2.05) is 24.3 Å². The molecule has 2 atom stereocenters. The molecule has 1 aromatic rings. The summed E-state index contributed by atoms with van der Waals surface area (Å²) >= 11 is 3.38. The Kier molecular flexibility index (Phi) is 4.96. The van der Waals surface area contributed by atoms with Crippen molar-refractivity contribution in [3.63, 3.8) is 0 Å². The van der Waals surface area contributed by atoms with Crippen LogP contribution in [0.4, 0.5) is 0 Å². The van der Waals surface area contributed by atoms with Crippen LogP contribution in [0.25, 0.3) is 0 Å². The molecule has 1 heterocycles. The van der Waals surface area contributed by atoms with Crippen molar-refractivity contribution < 1.29 is 15.0 Å². The predicted molar refractivity (Wildman–Crippen MR) is 75.6 cm³/mol. The van der Waals surface area contributed by atoms with Crippen molar-refractivity contribution in [3.05, 3.63) is 34.3 Å². The quantitative estimate of drug-likeness (QED) is 0.873. The highest BCUT2D eigenvalue weighted by Crippen LogP contribution is 2.24. The monoisotopic (exact) mass is 327 g/mol. The summed E-state index contributed by atoms with van der Waals surface area (Å²) in [5, 5.41) is 18.5. The number of nitrogens with zero attached hydrogens (tertiary/aromatic N) is 1. The average molecular weight is 328 g/mol. The Labute approximate surface area is 121 Å². The molecule has 2 rings (SSSR count). The maximum absolute atomic E-state index is 12.3. The number of hydrogen-bond acceptors (Lipinski definition) is 3. The fourth-order valence-corrected chi connectivity index (χ4v) is 2.99. The largest absolute Gasteiger partial charge is 0.396 e. The number of rotatable bonds is 4. The van der Waals surface area contributed by atoms with Crippen LogP contribution in [0, 0.1) is 5.92 Å². The number of carbonyl (C=O) groups excluding carboxylic acids is 1. The highest BCUT2D eigenvalue weighted by Gasteiger charge is 2.34. The molecule has 2 unspecified atom stereocenters. The number of halogens is 1. The summed E-state index contributed by atoms with van der Waals surface area (Å²) in [6, 6.07) is 7.50. The van der Waals surface area contributed by atoms with Crippen molar-refractivity contribution in [3.8, 4) is 0 Å². The van der Waals surface area contributed by atoms with Crippen molar-refractivity contribution in [1.29, 1.82) is 0 Å². The zero-order valence-electron chi connectivity index (χ0n) is 10.6. The Morgan fingerprint density at radius 2 is 2.16 bits per heavy atom. The third kappa shape index (κ3) is 3.55. The number of benzene rings is 1. The molecule has 1 fully saturated rings. The van der Waals surface area contributed by atoms with Gasteiger partial charge in [-0.15, -0.1) is 0 Å². The van der Waals surface area contributed by atoms with Gasteiger partial charge in [-0.3, -0.25) is 4.79 Å². The van der Waals surface area contributed by atoms with E-state index in [1.54, 1.807) is 4.90 Å². The van der Waals surface area contributed by atoms with E-state index in [9.17, 15) is 15.0 Å². The highest BCUT2D eigenvalue weighted by atomic mass is 79.9. The molecule has 0 aliphatic carbocycles. The van der Waals surface area contributed by atoms with Gasteiger partial charge in [0, 0.05) is 23.5 Å². The van der Waals surface area contributed by atoms with E-state index < -0.39 is 0 Å². The van der Waals surface area contributed by atoms with E-state index in [2.05, 4.69) is 15.9 Å². The van der Waals surface area contributed by atoms with Gasteiger partial charge in [0.15, 0.2) is 0 Å². The molecule has 19 heavy (non-hydrogen) atoms. The zero-order chi connectivity index (χ0) is 13.8. The topological polar surface area (TPSA) is 60.8 Å². The molecule has 104 valence electrons. The van der Waals surface area contributed by atoms with Crippen LogP contribution in [0.1, 0.15) is 12.0 Å². The van der Waals surface area contributed by atoms with Gasteiger partial charge in [-0.1, -0.05) is 28.1 Å². The first kappa shape index (κ1) is 14.5. The van der Waals surface area contributed by atoms with Gasteiger partial charge in [-0.2, -0.15) is 0 Å². The lowest BCUT2D eigenvalue weighted by molar-refractivity contribution is -0.132. The maximum Gasteiger partial charge on any atom is 0.227 e. The van der Waals surface area contributed by atoms with Crippen molar-refractivity contribution >= 4 is 21.8 Å². The predicted octanol–water partition coefficient (Wildman–Crippen LogP) is 1.19. The molecule has 4 nitrogen and oxygen atoms in total. The Bertz CT molecular complexity index is 452. The minimum atomic E-state index is -0.156. The van der Waals surface area contributed by atoms with Crippen LogP contribution in [0.3, 0.4) is 0 Å². The van der Waals surface area contributed by atoms with Gasteiger partial charge in [0.05, 0.1) is 19.1 Å². The van der Waals surface area contributed by atoms with Gasteiger partial charge in [0.25, 0.3) is 0 Å². The van der Waals surface area contributed by atoms with Crippen LogP contribution in [-0.4, -0.2) is 46.8 Å². The molecule has 5 heteroatoms. The molecule has 0 spiro atoms. The van der Waals surface area contributed by atoms with Crippen LogP contribution in [0.15, 0.2) is 28.7 Å². The Hall–Kier alpha value is -0.910. The summed E-state index contributed by atoms with van der Waals surface area (Å²) in [5.41, 5.74) is 0.948. The second-order valence-electron chi connectivity index (χ2n) is 4.97. The number of aliphatic hydroxyl groups excluding tert-OH is 2. The summed E-state index contributed by atoms with van der Waals surface area (Å²) < 4.78 is 0.950. The Morgan fingerprint density at radius 1 is 1.37 bits per heavy atom. The minimum absolute atomic E-state index is 0.00750. The molecule has 1 amide bonds. The second kappa shape index (κ2) is 6.50. The Morgan fingerprint density at radius 3 is 2.79 bits per heavy atom. The van der Waals surface area contributed by atoms with Crippen molar-refractivity contribution in [2.75, 3.05) is 19.8 Å². The molecular weight excluding hydrogens is 310 g/mol. The normalized spacial score (nSPS) is 22.8. The Balaban J connectivity index is 2.03. The molecule has 0 saturated carbocycles. The third-order valence-electron chi connectivity index (χ3n) is 3.53. The van der Waals surface area contributed by atoms with Crippen LogP contribution < -0.4 is 0 Å². The number of aliphatic hydroxyl groups is 2. The van der Waals surface area contributed by atoms with E-state index in [0.29, 0.717) is 19.4 Å². The maximum atomic E-state index is 12.3. The number of amides is 1. The lowest BCUT2D eigenvalue weighted by Crippen LogP contribution is -2.38. The third-order valence-corrected chi connectivity index (χ3v) is 4.03. The van der Waals surface area contributed by atoms with Gasteiger partial charge in [0.1, 0.15) is 0 Å².